The van der Waals surface area contributed by atoms with Crippen molar-refractivity contribution in [3.05, 3.63) is 35.4 Å². The Kier molecular flexibility index (Phi) is 8.31. The number of likely N-dealkylation sites (tertiary alicyclic amines) is 1. The van der Waals surface area contributed by atoms with E-state index in [4.69, 9.17) is 4.74 Å². The van der Waals surface area contributed by atoms with Gasteiger partial charge in [0.15, 0.2) is 5.96 Å². The third kappa shape index (κ3) is 7.23. The molecule has 1 atom stereocenters. The summed E-state index contributed by atoms with van der Waals surface area (Å²) in [6.45, 7) is 4.90. The highest BCUT2D eigenvalue weighted by molar-refractivity contribution is 5.86. The fourth-order valence-electron chi connectivity index (χ4n) is 3.04. The van der Waals surface area contributed by atoms with Gasteiger partial charge in [-0.2, -0.15) is 13.2 Å². The summed E-state index contributed by atoms with van der Waals surface area (Å²) >= 11 is 0. The topological polar surface area (TPSA) is 57.2 Å². The molecule has 0 radical (unpaired) electrons. The van der Waals surface area contributed by atoms with Crippen LogP contribution >= 0.6 is 0 Å². The van der Waals surface area contributed by atoms with Crippen molar-refractivity contribution in [3.63, 3.8) is 0 Å². The van der Waals surface area contributed by atoms with Crippen LogP contribution in [0.2, 0.25) is 0 Å². The summed E-state index contributed by atoms with van der Waals surface area (Å²) in [5.41, 5.74) is -0.233. The maximum absolute atomic E-state index is 12.9. The smallest absolute Gasteiger partial charge is 0.381 e. The van der Waals surface area contributed by atoms with Gasteiger partial charge in [-0.15, -0.1) is 0 Å². The van der Waals surface area contributed by atoms with Crippen molar-refractivity contribution in [3.8, 4) is 0 Å². The first-order valence-electron chi connectivity index (χ1n) is 9.68. The molecule has 0 aromatic heterocycles. The number of alkyl halides is 3. The first-order chi connectivity index (χ1) is 13.7. The second kappa shape index (κ2) is 10.5. The lowest BCUT2D eigenvalue weighted by molar-refractivity contribution is -0.137. The minimum absolute atomic E-state index is 0.0705. The fourth-order valence-corrected chi connectivity index (χ4v) is 3.04. The largest absolute Gasteiger partial charge is 0.416 e. The zero-order chi connectivity index (χ0) is 21.4. The van der Waals surface area contributed by atoms with E-state index in [0.29, 0.717) is 30.7 Å². The first-order valence-corrected chi connectivity index (χ1v) is 9.68. The van der Waals surface area contributed by atoms with Gasteiger partial charge in [0, 0.05) is 39.7 Å². The lowest BCUT2D eigenvalue weighted by atomic mass is 10.1. The van der Waals surface area contributed by atoms with E-state index in [1.54, 1.807) is 20.2 Å². The predicted octanol–water partition coefficient (Wildman–Crippen LogP) is 2.60. The Morgan fingerprint density at radius 3 is 2.79 bits per heavy atom. The lowest BCUT2D eigenvalue weighted by Crippen LogP contribution is -2.44. The standard InChI is InChI=1S/C20H29F3N4O2/c1-4-29-14-16-8-9-27(13-16)19(25-12-18(28)26(2)3)24-11-15-6-5-7-17(10-15)20(21,22)23/h5-7,10,16H,4,8-9,11-14H2,1-3H3,(H,24,25). The molecule has 29 heavy (non-hydrogen) atoms. The van der Waals surface area contributed by atoms with E-state index in [-0.39, 0.29) is 19.0 Å². The third-order valence-corrected chi connectivity index (χ3v) is 4.71. The van der Waals surface area contributed by atoms with Gasteiger partial charge < -0.3 is 19.9 Å². The average molecular weight is 414 g/mol. The number of benzene rings is 1. The van der Waals surface area contributed by atoms with Crippen molar-refractivity contribution in [2.24, 2.45) is 10.9 Å². The van der Waals surface area contributed by atoms with Gasteiger partial charge in [0.2, 0.25) is 5.91 Å². The predicted molar refractivity (Wildman–Crippen MR) is 105 cm³/mol. The summed E-state index contributed by atoms with van der Waals surface area (Å²) < 4.78 is 44.3. The molecular formula is C20H29F3N4O2. The fraction of sp³-hybridized carbons (Fsp3) is 0.600. The Balaban J connectivity index is 2.11. The average Bonchev–Trinajstić information content (AvgIpc) is 3.14. The normalized spacial score (nSPS) is 17.5. The number of aliphatic imine (C=N–C) groups is 1. The number of nitrogens with zero attached hydrogens (tertiary/aromatic N) is 3. The van der Waals surface area contributed by atoms with Gasteiger partial charge in [-0.05, 0) is 31.0 Å². The molecule has 6 nitrogen and oxygen atoms in total. The molecule has 2 rings (SSSR count). The van der Waals surface area contributed by atoms with E-state index >= 15 is 0 Å². The van der Waals surface area contributed by atoms with Crippen LogP contribution in [-0.4, -0.2) is 68.6 Å². The van der Waals surface area contributed by atoms with Crippen LogP contribution in [0.3, 0.4) is 0 Å². The van der Waals surface area contributed by atoms with Gasteiger partial charge >= 0.3 is 6.18 Å². The molecule has 1 aromatic carbocycles. The maximum Gasteiger partial charge on any atom is 0.416 e. The minimum Gasteiger partial charge on any atom is -0.381 e. The second-order valence-electron chi connectivity index (χ2n) is 7.24. The molecule has 0 spiro atoms. The summed E-state index contributed by atoms with van der Waals surface area (Å²) in [4.78, 5) is 19.9. The monoisotopic (exact) mass is 414 g/mol. The molecule has 1 unspecified atom stereocenters. The summed E-state index contributed by atoms with van der Waals surface area (Å²) in [5.74, 6) is 0.776. The molecule has 1 N–H and O–H groups in total. The Morgan fingerprint density at radius 1 is 1.38 bits per heavy atom. The number of hydrogen-bond acceptors (Lipinski definition) is 3. The van der Waals surface area contributed by atoms with Crippen molar-refractivity contribution < 1.29 is 22.7 Å². The molecule has 162 valence electrons. The lowest BCUT2D eigenvalue weighted by Gasteiger charge is -2.23. The number of amides is 1. The highest BCUT2D eigenvalue weighted by Crippen LogP contribution is 2.29. The van der Waals surface area contributed by atoms with Crippen LogP contribution in [0.5, 0.6) is 0 Å². The van der Waals surface area contributed by atoms with Gasteiger partial charge in [0.1, 0.15) is 0 Å². The van der Waals surface area contributed by atoms with E-state index in [9.17, 15) is 18.0 Å². The number of carbonyl (C=O) groups is 1. The Morgan fingerprint density at radius 2 is 2.14 bits per heavy atom. The maximum atomic E-state index is 12.9. The van der Waals surface area contributed by atoms with E-state index in [1.807, 2.05) is 11.8 Å². The van der Waals surface area contributed by atoms with Crippen LogP contribution in [0.4, 0.5) is 13.2 Å². The minimum atomic E-state index is -4.39. The highest BCUT2D eigenvalue weighted by Gasteiger charge is 2.30. The number of likely N-dealkylation sites (N-methyl/N-ethyl adjacent to an activating group) is 1. The van der Waals surface area contributed by atoms with E-state index < -0.39 is 11.7 Å². The van der Waals surface area contributed by atoms with Gasteiger partial charge in [-0.25, -0.2) is 4.99 Å². The number of carbonyl (C=O) groups excluding carboxylic acids is 1. The molecule has 0 saturated carbocycles. The second-order valence-corrected chi connectivity index (χ2v) is 7.24. The number of hydrogen-bond donors (Lipinski definition) is 1. The number of halogens is 3. The van der Waals surface area contributed by atoms with Crippen molar-refractivity contribution in [1.29, 1.82) is 0 Å². The number of nitrogens with one attached hydrogen (secondary N) is 1. The molecule has 0 aliphatic carbocycles. The molecule has 1 amide bonds. The summed E-state index contributed by atoms with van der Waals surface area (Å²) in [7, 11) is 3.33. The quantitative estimate of drug-likeness (QED) is 0.551. The Labute approximate surface area is 169 Å². The molecular weight excluding hydrogens is 385 g/mol. The van der Waals surface area contributed by atoms with E-state index in [0.717, 1.165) is 31.6 Å². The zero-order valence-corrected chi connectivity index (χ0v) is 17.1. The van der Waals surface area contributed by atoms with Crippen LogP contribution in [0.15, 0.2) is 29.3 Å². The van der Waals surface area contributed by atoms with Gasteiger partial charge in [0.25, 0.3) is 0 Å². The van der Waals surface area contributed by atoms with Gasteiger partial charge in [0.05, 0.1) is 25.3 Å². The summed E-state index contributed by atoms with van der Waals surface area (Å²) in [5, 5.41) is 3.06. The SMILES string of the molecule is CCOCC1CCN(C(=NCc2cccc(C(F)(F)F)c2)NCC(=O)N(C)C)C1. The number of guanidine groups is 1. The number of ether oxygens (including phenoxy) is 1. The van der Waals surface area contributed by atoms with Gasteiger partial charge in [-0.3, -0.25) is 4.79 Å². The highest BCUT2D eigenvalue weighted by atomic mass is 19.4. The van der Waals surface area contributed by atoms with Crippen LogP contribution in [0, 0.1) is 5.92 Å². The molecule has 1 heterocycles. The molecule has 1 fully saturated rings. The van der Waals surface area contributed by atoms with Crippen LogP contribution in [0.25, 0.3) is 0 Å². The van der Waals surface area contributed by atoms with Crippen LogP contribution in [0.1, 0.15) is 24.5 Å². The summed E-state index contributed by atoms with van der Waals surface area (Å²) in [6.07, 6.45) is -3.45. The van der Waals surface area contributed by atoms with Gasteiger partial charge in [-0.1, -0.05) is 12.1 Å². The van der Waals surface area contributed by atoms with Crippen molar-refractivity contribution in [1.82, 2.24) is 15.1 Å². The van der Waals surface area contributed by atoms with E-state index in [2.05, 4.69) is 10.3 Å². The molecule has 9 heteroatoms. The van der Waals surface area contributed by atoms with Crippen LogP contribution in [-0.2, 0) is 22.3 Å². The van der Waals surface area contributed by atoms with Crippen molar-refractivity contribution >= 4 is 11.9 Å². The molecule has 1 aliphatic rings. The molecule has 0 bridgehead atoms. The Bertz CT molecular complexity index is 707. The summed E-state index contributed by atoms with van der Waals surface area (Å²) in [6, 6.07) is 5.14. The number of rotatable bonds is 7. The van der Waals surface area contributed by atoms with E-state index in [1.165, 1.54) is 11.0 Å². The Hall–Kier alpha value is -2.29. The molecule has 1 aromatic rings. The zero-order valence-electron chi connectivity index (χ0n) is 17.1. The first kappa shape index (κ1) is 23.0. The molecule has 1 aliphatic heterocycles. The van der Waals surface area contributed by atoms with Crippen molar-refractivity contribution in [2.45, 2.75) is 26.1 Å². The molecule has 1 saturated heterocycles. The van der Waals surface area contributed by atoms with Crippen molar-refractivity contribution in [2.75, 3.05) is 46.9 Å². The van der Waals surface area contributed by atoms with Crippen LogP contribution < -0.4 is 5.32 Å². The third-order valence-electron chi connectivity index (χ3n) is 4.71.